The molecule has 0 aliphatic carbocycles. The molecule has 118 valence electrons. The largest absolute Gasteiger partial charge is 0.508 e. The summed E-state index contributed by atoms with van der Waals surface area (Å²) in [7, 11) is 0. The zero-order valence-corrected chi connectivity index (χ0v) is 12.6. The molecule has 4 atom stereocenters. The zero-order chi connectivity index (χ0) is 16.1. The molecular weight excluding hydrogens is 310 g/mol. The van der Waals surface area contributed by atoms with Crippen LogP contribution in [0.2, 0.25) is 0 Å². The Labute approximate surface area is 132 Å². The summed E-state index contributed by atoms with van der Waals surface area (Å²) in [5.41, 5.74) is -2.38. The van der Waals surface area contributed by atoms with Crippen LogP contribution in [0.5, 0.6) is 5.75 Å². The van der Waals surface area contributed by atoms with Crippen molar-refractivity contribution in [1.29, 1.82) is 0 Å². The number of alkyl halides is 1. The molecule has 1 amide bonds. The molecule has 6 nitrogen and oxygen atoms in total. The van der Waals surface area contributed by atoms with Crippen molar-refractivity contribution >= 4 is 23.5 Å². The Kier molecular flexibility index (Phi) is 3.34. The minimum atomic E-state index is -1.55. The molecule has 0 spiro atoms. The Morgan fingerprint density at radius 2 is 2.18 bits per heavy atom. The minimum absolute atomic E-state index is 0.0380. The highest BCUT2D eigenvalue weighted by molar-refractivity contribution is 6.18. The molecule has 1 aromatic carbocycles. The van der Waals surface area contributed by atoms with Crippen LogP contribution in [0.25, 0.3) is 0 Å². The van der Waals surface area contributed by atoms with E-state index < -0.39 is 29.1 Å². The number of phenolic OH excluding ortho intramolecular Hbond substituents is 1. The van der Waals surface area contributed by atoms with Gasteiger partial charge in [0, 0.05) is 5.88 Å². The van der Waals surface area contributed by atoms with Crippen LogP contribution in [0.1, 0.15) is 25.0 Å². The third kappa shape index (κ3) is 1.71. The highest BCUT2D eigenvalue weighted by Gasteiger charge is 2.79. The van der Waals surface area contributed by atoms with Gasteiger partial charge >= 0.3 is 5.97 Å². The molecule has 3 N–H and O–H groups in total. The second-order valence-electron chi connectivity index (χ2n) is 5.82. The van der Waals surface area contributed by atoms with Crippen LogP contribution in [0.3, 0.4) is 0 Å². The number of nitrogens with one attached hydrogen (secondary N) is 1. The normalized spacial score (nSPS) is 34.4. The number of aliphatic hydroxyl groups is 1. The number of hydrogen-bond acceptors (Lipinski definition) is 5. The first-order chi connectivity index (χ1) is 10.4. The third-order valence-corrected chi connectivity index (χ3v) is 4.92. The molecule has 0 aromatic heterocycles. The van der Waals surface area contributed by atoms with Crippen molar-refractivity contribution in [2.75, 3.05) is 5.88 Å². The predicted molar refractivity (Wildman–Crippen MR) is 77.3 cm³/mol. The van der Waals surface area contributed by atoms with Gasteiger partial charge in [-0.3, -0.25) is 4.79 Å². The fraction of sp³-hybridized carbons (Fsp3) is 0.467. The van der Waals surface area contributed by atoms with Gasteiger partial charge < -0.3 is 20.3 Å². The smallest absolute Gasteiger partial charge is 0.339 e. The first-order valence-corrected chi connectivity index (χ1v) is 7.48. The van der Waals surface area contributed by atoms with Crippen molar-refractivity contribution < 1.29 is 24.5 Å². The maximum absolute atomic E-state index is 12.2. The lowest BCUT2D eigenvalue weighted by Crippen LogP contribution is -2.76. The number of carbonyl (C=O) groups is 2. The molecule has 0 bridgehead atoms. The van der Waals surface area contributed by atoms with Crippen LogP contribution in [0.4, 0.5) is 0 Å². The summed E-state index contributed by atoms with van der Waals surface area (Å²) < 4.78 is 5.26. The second kappa shape index (κ2) is 4.86. The summed E-state index contributed by atoms with van der Waals surface area (Å²) >= 11 is 5.73. The number of aliphatic hydroxyl groups excluding tert-OH is 1. The number of carbonyl (C=O) groups excluding carboxylic acids is 2. The molecule has 2 aliphatic rings. The maximum atomic E-state index is 12.2. The van der Waals surface area contributed by atoms with Crippen molar-refractivity contribution in [3.63, 3.8) is 0 Å². The van der Waals surface area contributed by atoms with E-state index in [1.165, 1.54) is 12.1 Å². The number of esters is 1. The van der Waals surface area contributed by atoms with Gasteiger partial charge in [0.25, 0.3) is 0 Å². The van der Waals surface area contributed by atoms with Crippen molar-refractivity contribution in [2.45, 2.75) is 30.6 Å². The second-order valence-corrected chi connectivity index (χ2v) is 6.20. The number of hydrogen-bond donors (Lipinski definition) is 3. The van der Waals surface area contributed by atoms with E-state index in [1.807, 2.05) is 0 Å². The van der Waals surface area contributed by atoms with Gasteiger partial charge in [-0.1, -0.05) is 12.1 Å². The lowest BCUT2D eigenvalue weighted by atomic mass is 9.67. The van der Waals surface area contributed by atoms with Gasteiger partial charge in [0.2, 0.25) is 11.4 Å². The fourth-order valence-electron chi connectivity index (χ4n) is 3.47. The molecule has 2 fully saturated rings. The summed E-state index contributed by atoms with van der Waals surface area (Å²) in [4.78, 5) is 24.4. The van der Waals surface area contributed by atoms with E-state index in [-0.39, 0.29) is 17.5 Å². The van der Waals surface area contributed by atoms with E-state index >= 15 is 0 Å². The SMILES string of the molecule is C[C@@]12OC(=O)[C@]1(C(O)c1cccc(O)c1)NC(=O)[C@@H]2CCCl. The van der Waals surface area contributed by atoms with Crippen LogP contribution in [0.15, 0.2) is 24.3 Å². The first kappa shape index (κ1) is 15.1. The number of benzene rings is 1. The lowest BCUT2D eigenvalue weighted by Gasteiger charge is -2.53. The number of amides is 1. The van der Waals surface area contributed by atoms with Gasteiger partial charge in [0.05, 0.1) is 5.92 Å². The minimum Gasteiger partial charge on any atom is -0.508 e. The third-order valence-electron chi connectivity index (χ3n) is 4.71. The molecule has 7 heteroatoms. The number of phenols is 1. The zero-order valence-electron chi connectivity index (χ0n) is 11.9. The van der Waals surface area contributed by atoms with E-state index in [0.717, 1.165) is 0 Å². The number of ether oxygens (including phenoxy) is 1. The highest BCUT2D eigenvalue weighted by Crippen LogP contribution is 2.55. The van der Waals surface area contributed by atoms with Gasteiger partial charge in [0.15, 0.2) is 5.60 Å². The quantitative estimate of drug-likeness (QED) is 0.563. The Bertz CT molecular complexity index is 651. The van der Waals surface area contributed by atoms with Gasteiger partial charge in [-0.15, -0.1) is 11.6 Å². The molecule has 1 unspecified atom stereocenters. The van der Waals surface area contributed by atoms with Crippen molar-refractivity contribution in [1.82, 2.24) is 5.32 Å². The number of aromatic hydroxyl groups is 1. The molecule has 2 heterocycles. The maximum Gasteiger partial charge on any atom is 0.339 e. The van der Waals surface area contributed by atoms with Crippen molar-refractivity contribution in [3.8, 4) is 5.75 Å². The summed E-state index contributed by atoms with van der Waals surface area (Å²) in [6, 6.07) is 5.94. The average molecular weight is 326 g/mol. The van der Waals surface area contributed by atoms with Crippen LogP contribution in [0, 0.1) is 5.92 Å². The Hall–Kier alpha value is -1.79. The molecule has 0 radical (unpaired) electrons. The number of rotatable bonds is 4. The van der Waals surface area contributed by atoms with E-state index in [0.29, 0.717) is 12.0 Å². The molecule has 1 aromatic rings. The number of halogens is 1. The van der Waals surface area contributed by atoms with Crippen LogP contribution >= 0.6 is 11.6 Å². The van der Waals surface area contributed by atoms with Crippen molar-refractivity contribution in [2.24, 2.45) is 5.92 Å². The van der Waals surface area contributed by atoms with E-state index in [4.69, 9.17) is 16.3 Å². The Morgan fingerprint density at radius 1 is 1.45 bits per heavy atom. The Morgan fingerprint density at radius 3 is 2.77 bits per heavy atom. The van der Waals surface area contributed by atoms with Gasteiger partial charge in [-0.2, -0.15) is 0 Å². The molecule has 2 aliphatic heterocycles. The summed E-state index contributed by atoms with van der Waals surface area (Å²) in [5.74, 6) is -1.47. The molecule has 2 saturated heterocycles. The molecule has 3 rings (SSSR count). The van der Waals surface area contributed by atoms with Crippen LogP contribution < -0.4 is 5.32 Å². The topological polar surface area (TPSA) is 95.9 Å². The molecular formula is C15H16ClNO5. The fourth-order valence-corrected chi connectivity index (χ4v) is 3.69. The molecule has 0 saturated carbocycles. The van der Waals surface area contributed by atoms with E-state index in [2.05, 4.69) is 5.32 Å². The Balaban J connectivity index is 2.04. The summed E-state index contributed by atoms with van der Waals surface area (Å²) in [6.07, 6.45) is -0.985. The first-order valence-electron chi connectivity index (χ1n) is 6.95. The van der Waals surface area contributed by atoms with Gasteiger partial charge in [-0.25, -0.2) is 4.79 Å². The highest BCUT2D eigenvalue weighted by atomic mass is 35.5. The van der Waals surface area contributed by atoms with Gasteiger partial charge in [0.1, 0.15) is 11.9 Å². The van der Waals surface area contributed by atoms with Gasteiger partial charge in [-0.05, 0) is 31.0 Å². The van der Waals surface area contributed by atoms with Crippen LogP contribution in [-0.2, 0) is 14.3 Å². The number of fused-ring (bicyclic) bond motifs is 1. The average Bonchev–Trinajstić information content (AvgIpc) is 2.65. The molecule has 22 heavy (non-hydrogen) atoms. The van der Waals surface area contributed by atoms with E-state index in [9.17, 15) is 19.8 Å². The van der Waals surface area contributed by atoms with Crippen LogP contribution in [-0.4, -0.2) is 39.1 Å². The van der Waals surface area contributed by atoms with Crippen molar-refractivity contribution in [3.05, 3.63) is 29.8 Å². The summed E-state index contributed by atoms with van der Waals surface area (Å²) in [5, 5.41) is 22.9. The van der Waals surface area contributed by atoms with E-state index in [1.54, 1.807) is 19.1 Å². The summed E-state index contributed by atoms with van der Waals surface area (Å²) in [6.45, 7) is 1.62. The standard InChI is InChI=1S/C15H16ClNO5/c1-14-10(5-6-16)12(20)17-15(14,13(21)22-14)11(19)8-3-2-4-9(18)7-8/h2-4,7,10-11,18-19H,5-6H2,1H3,(H,17,20)/t10-,11?,14-,15-/m0/s1. The monoisotopic (exact) mass is 325 g/mol. The predicted octanol–water partition coefficient (Wildman–Crippen LogP) is 0.855. The lowest BCUT2D eigenvalue weighted by molar-refractivity contribution is -0.236.